The van der Waals surface area contributed by atoms with Crippen LogP contribution in [0.15, 0.2) is 24.4 Å². The fraction of sp³-hybridized carbons (Fsp3) is 0.308. The van der Waals surface area contributed by atoms with Crippen LogP contribution < -0.4 is 10.5 Å². The van der Waals surface area contributed by atoms with Crippen LogP contribution in [0.5, 0.6) is 5.75 Å². The highest BCUT2D eigenvalue weighted by molar-refractivity contribution is 6.42. The van der Waals surface area contributed by atoms with Crippen molar-refractivity contribution in [2.75, 3.05) is 5.73 Å². The maximum atomic E-state index is 5.93. The molecule has 2 N–H and O–H groups in total. The van der Waals surface area contributed by atoms with Crippen molar-refractivity contribution in [3.8, 4) is 5.75 Å². The van der Waals surface area contributed by atoms with Gasteiger partial charge in [0.2, 0.25) is 0 Å². The number of hydrogen-bond acceptors (Lipinski definition) is 3. The largest absolute Gasteiger partial charge is 0.485 e. The van der Waals surface area contributed by atoms with Gasteiger partial charge in [-0.3, -0.25) is 4.68 Å². The number of halogens is 2. The van der Waals surface area contributed by atoms with E-state index in [2.05, 4.69) is 18.9 Å². The van der Waals surface area contributed by atoms with Crippen molar-refractivity contribution in [3.63, 3.8) is 0 Å². The number of nitrogens with zero attached hydrogens (tertiary/aromatic N) is 2. The minimum Gasteiger partial charge on any atom is -0.485 e. The number of rotatable bonds is 4. The molecule has 0 bridgehead atoms. The Bertz CT molecular complexity index is 581. The first-order valence-corrected chi connectivity index (χ1v) is 6.64. The zero-order valence-electron chi connectivity index (χ0n) is 10.7. The van der Waals surface area contributed by atoms with Gasteiger partial charge in [-0.05, 0) is 26.0 Å². The van der Waals surface area contributed by atoms with Crippen LogP contribution in [0.25, 0.3) is 0 Å². The first-order chi connectivity index (χ1) is 8.97. The van der Waals surface area contributed by atoms with Crippen molar-refractivity contribution < 1.29 is 4.74 Å². The molecule has 0 saturated carbocycles. The number of nitrogen functional groups attached to an aromatic ring is 1. The van der Waals surface area contributed by atoms with E-state index in [0.717, 1.165) is 5.69 Å². The van der Waals surface area contributed by atoms with Crippen LogP contribution in [-0.4, -0.2) is 9.78 Å². The number of ether oxygens (including phenoxy) is 1. The van der Waals surface area contributed by atoms with Crippen molar-refractivity contribution in [1.29, 1.82) is 0 Å². The number of anilines is 1. The molecule has 1 aromatic carbocycles. The van der Waals surface area contributed by atoms with Crippen LogP contribution in [0.2, 0.25) is 10.0 Å². The van der Waals surface area contributed by atoms with Gasteiger partial charge >= 0.3 is 0 Å². The van der Waals surface area contributed by atoms with E-state index >= 15 is 0 Å². The highest BCUT2D eigenvalue weighted by Gasteiger charge is 2.08. The molecule has 0 atom stereocenters. The molecule has 4 nitrogen and oxygen atoms in total. The van der Waals surface area contributed by atoms with Gasteiger partial charge in [-0.1, -0.05) is 23.2 Å². The van der Waals surface area contributed by atoms with Gasteiger partial charge in [-0.25, -0.2) is 0 Å². The Hall–Kier alpha value is -1.39. The third kappa shape index (κ3) is 3.33. The Morgan fingerprint density at radius 1 is 1.32 bits per heavy atom. The van der Waals surface area contributed by atoms with E-state index in [9.17, 15) is 0 Å². The van der Waals surface area contributed by atoms with E-state index in [4.69, 9.17) is 33.7 Å². The normalized spacial score (nSPS) is 11.0. The quantitative estimate of drug-likeness (QED) is 0.870. The molecule has 0 fully saturated rings. The maximum Gasteiger partial charge on any atom is 0.144 e. The van der Waals surface area contributed by atoms with E-state index in [0.29, 0.717) is 34.1 Å². The molecule has 19 heavy (non-hydrogen) atoms. The second kappa shape index (κ2) is 5.72. The Morgan fingerprint density at radius 3 is 2.63 bits per heavy atom. The average Bonchev–Trinajstić information content (AvgIpc) is 2.81. The molecule has 0 aliphatic heterocycles. The van der Waals surface area contributed by atoms with E-state index in [-0.39, 0.29) is 0 Å². The fourth-order valence-electron chi connectivity index (χ4n) is 1.56. The first kappa shape index (κ1) is 14.0. The third-order valence-electron chi connectivity index (χ3n) is 2.62. The molecule has 0 amide bonds. The highest BCUT2D eigenvalue weighted by Crippen LogP contribution is 2.32. The lowest BCUT2D eigenvalue weighted by atomic mass is 10.3. The summed E-state index contributed by atoms with van der Waals surface area (Å²) in [4.78, 5) is 0. The lowest BCUT2D eigenvalue weighted by Crippen LogP contribution is -2.04. The number of hydrogen-bond donors (Lipinski definition) is 1. The van der Waals surface area contributed by atoms with Crippen LogP contribution in [0.1, 0.15) is 25.6 Å². The number of aromatic nitrogens is 2. The second-order valence-corrected chi connectivity index (χ2v) is 5.29. The minimum atomic E-state index is 0.323. The standard InChI is InChI=1S/C13H15Cl2N3O/c1-8(2)18-4-3-9(17-18)7-19-13-6-11(15)10(14)5-12(13)16/h3-6,8H,7,16H2,1-2H3. The molecular weight excluding hydrogens is 285 g/mol. The predicted octanol–water partition coefficient (Wildman–Crippen LogP) is 3.93. The molecule has 102 valence electrons. The number of nitrogens with two attached hydrogens (primary N) is 1. The van der Waals surface area contributed by atoms with Gasteiger partial charge in [0.25, 0.3) is 0 Å². The van der Waals surface area contributed by atoms with Crippen LogP contribution in [0.4, 0.5) is 5.69 Å². The van der Waals surface area contributed by atoms with E-state index in [1.807, 2.05) is 16.9 Å². The molecule has 0 radical (unpaired) electrons. The fourth-order valence-corrected chi connectivity index (χ4v) is 1.89. The molecule has 0 unspecified atom stereocenters. The van der Waals surface area contributed by atoms with Gasteiger partial charge in [-0.15, -0.1) is 0 Å². The van der Waals surface area contributed by atoms with E-state index < -0.39 is 0 Å². The van der Waals surface area contributed by atoms with Crippen molar-refractivity contribution in [1.82, 2.24) is 9.78 Å². The monoisotopic (exact) mass is 299 g/mol. The summed E-state index contributed by atoms with van der Waals surface area (Å²) in [5.74, 6) is 0.508. The van der Waals surface area contributed by atoms with Crippen LogP contribution in [0, 0.1) is 0 Å². The Morgan fingerprint density at radius 2 is 2.00 bits per heavy atom. The van der Waals surface area contributed by atoms with Gasteiger partial charge < -0.3 is 10.5 Å². The van der Waals surface area contributed by atoms with Crippen LogP contribution in [-0.2, 0) is 6.61 Å². The third-order valence-corrected chi connectivity index (χ3v) is 3.34. The summed E-state index contributed by atoms with van der Waals surface area (Å²) in [6.07, 6.45) is 1.92. The SMILES string of the molecule is CC(C)n1ccc(COc2cc(Cl)c(Cl)cc2N)n1. The van der Waals surface area contributed by atoms with Crippen molar-refractivity contribution >= 4 is 28.9 Å². The van der Waals surface area contributed by atoms with E-state index in [1.165, 1.54) is 0 Å². The smallest absolute Gasteiger partial charge is 0.144 e. The second-order valence-electron chi connectivity index (χ2n) is 4.47. The van der Waals surface area contributed by atoms with E-state index in [1.54, 1.807) is 12.1 Å². The Balaban J connectivity index is 2.07. The maximum absolute atomic E-state index is 5.93. The zero-order valence-corrected chi connectivity index (χ0v) is 12.2. The molecule has 0 spiro atoms. The Kier molecular flexibility index (Phi) is 4.22. The molecular formula is C13H15Cl2N3O. The summed E-state index contributed by atoms with van der Waals surface area (Å²) in [7, 11) is 0. The molecule has 2 aromatic rings. The minimum absolute atomic E-state index is 0.323. The summed E-state index contributed by atoms with van der Waals surface area (Å²) in [6.45, 7) is 4.46. The molecule has 6 heteroatoms. The predicted molar refractivity (Wildman–Crippen MR) is 77.8 cm³/mol. The summed E-state index contributed by atoms with van der Waals surface area (Å²) in [5, 5.41) is 5.21. The molecule has 0 saturated heterocycles. The lowest BCUT2D eigenvalue weighted by molar-refractivity contribution is 0.300. The van der Waals surface area contributed by atoms with Gasteiger partial charge in [0, 0.05) is 18.3 Å². The lowest BCUT2D eigenvalue weighted by Gasteiger charge is -2.09. The van der Waals surface area contributed by atoms with Crippen LogP contribution in [0.3, 0.4) is 0 Å². The number of benzene rings is 1. The summed E-state index contributed by atoms with van der Waals surface area (Å²) >= 11 is 11.8. The molecule has 1 aromatic heterocycles. The molecule has 1 heterocycles. The van der Waals surface area contributed by atoms with Crippen molar-refractivity contribution in [3.05, 3.63) is 40.1 Å². The summed E-state index contributed by atoms with van der Waals surface area (Å²) in [5.41, 5.74) is 7.10. The Labute approximate surface area is 122 Å². The summed E-state index contributed by atoms with van der Waals surface area (Å²) in [6, 6.07) is 5.42. The zero-order chi connectivity index (χ0) is 14.0. The van der Waals surface area contributed by atoms with Gasteiger partial charge in [-0.2, -0.15) is 5.10 Å². The average molecular weight is 300 g/mol. The topological polar surface area (TPSA) is 53.1 Å². The van der Waals surface area contributed by atoms with Crippen molar-refractivity contribution in [2.24, 2.45) is 0 Å². The van der Waals surface area contributed by atoms with Gasteiger partial charge in [0.1, 0.15) is 12.4 Å². The highest BCUT2D eigenvalue weighted by atomic mass is 35.5. The van der Waals surface area contributed by atoms with Crippen molar-refractivity contribution in [2.45, 2.75) is 26.5 Å². The first-order valence-electron chi connectivity index (χ1n) is 5.88. The molecule has 2 rings (SSSR count). The molecule has 0 aliphatic carbocycles. The van der Waals surface area contributed by atoms with Crippen LogP contribution >= 0.6 is 23.2 Å². The summed E-state index contributed by atoms with van der Waals surface area (Å²) < 4.78 is 7.48. The molecule has 0 aliphatic rings. The van der Waals surface area contributed by atoms with Gasteiger partial charge in [0.05, 0.1) is 21.4 Å². The van der Waals surface area contributed by atoms with Gasteiger partial charge in [0.15, 0.2) is 0 Å².